The maximum atomic E-state index is 12.8. The lowest BCUT2D eigenvalue weighted by atomic mass is 10.0. The predicted octanol–water partition coefficient (Wildman–Crippen LogP) is 4.54. The minimum Gasteiger partial charge on any atom is -0.497 e. The number of methoxy groups -OCH3 is 1. The van der Waals surface area contributed by atoms with Gasteiger partial charge in [0, 0.05) is 41.4 Å². The van der Waals surface area contributed by atoms with Crippen molar-refractivity contribution < 1.29 is 32.6 Å². The molecule has 4 rings (SSSR count). The lowest BCUT2D eigenvalue weighted by molar-refractivity contribution is -0.192. The van der Waals surface area contributed by atoms with Gasteiger partial charge in [-0.3, -0.25) is 9.89 Å². The third kappa shape index (κ3) is 6.75. The van der Waals surface area contributed by atoms with E-state index in [0.717, 1.165) is 41.1 Å². The molecule has 11 heteroatoms. The van der Waals surface area contributed by atoms with E-state index >= 15 is 0 Å². The lowest BCUT2D eigenvalue weighted by Crippen LogP contribution is -2.34. The molecule has 0 bridgehead atoms. The van der Waals surface area contributed by atoms with Crippen LogP contribution in [0, 0.1) is 0 Å². The molecule has 7 nitrogen and oxygen atoms in total. The Hall–Kier alpha value is -3.53. The Kier molecular flexibility index (Phi) is 8.39. The summed E-state index contributed by atoms with van der Waals surface area (Å²) >= 11 is 6.21. The number of ether oxygens (including phenoxy) is 1. The van der Waals surface area contributed by atoms with Gasteiger partial charge in [0.05, 0.1) is 19.2 Å². The molecule has 0 atom stereocenters. The van der Waals surface area contributed by atoms with Crippen molar-refractivity contribution in [3.8, 4) is 17.0 Å². The van der Waals surface area contributed by atoms with E-state index in [4.69, 9.17) is 26.2 Å². The first kappa shape index (κ1) is 26.1. The zero-order valence-corrected chi connectivity index (χ0v) is 19.5. The van der Waals surface area contributed by atoms with E-state index in [-0.39, 0.29) is 5.91 Å². The van der Waals surface area contributed by atoms with Gasteiger partial charge in [-0.2, -0.15) is 18.3 Å². The van der Waals surface area contributed by atoms with E-state index < -0.39 is 12.1 Å². The maximum Gasteiger partial charge on any atom is 0.490 e. The van der Waals surface area contributed by atoms with Crippen molar-refractivity contribution >= 4 is 23.5 Å². The van der Waals surface area contributed by atoms with E-state index in [1.54, 1.807) is 7.11 Å². The van der Waals surface area contributed by atoms with Gasteiger partial charge < -0.3 is 14.7 Å². The number of H-pyrrole nitrogens is 1. The molecule has 186 valence electrons. The van der Waals surface area contributed by atoms with Crippen LogP contribution in [0.4, 0.5) is 13.2 Å². The maximum absolute atomic E-state index is 12.8. The van der Waals surface area contributed by atoms with Gasteiger partial charge in [-0.25, -0.2) is 4.79 Å². The fourth-order valence-electron chi connectivity index (χ4n) is 3.64. The van der Waals surface area contributed by atoms with E-state index in [2.05, 4.69) is 10.2 Å². The molecule has 3 aromatic rings. The number of amides is 1. The van der Waals surface area contributed by atoms with Gasteiger partial charge in [-0.05, 0) is 42.3 Å². The zero-order chi connectivity index (χ0) is 25.6. The molecule has 0 spiro atoms. The van der Waals surface area contributed by atoms with Crippen molar-refractivity contribution in [3.05, 3.63) is 70.4 Å². The quantitative estimate of drug-likeness (QED) is 0.538. The first-order chi connectivity index (χ1) is 16.6. The SMILES string of the molecule is COc1ccc(-c2n[nH]c3c2CCN(C(=O)Cc2ccccc2Cl)CC3)cc1.O=C(O)C(F)(F)F. The molecule has 0 saturated heterocycles. The molecule has 0 aliphatic carbocycles. The van der Waals surface area contributed by atoms with Gasteiger partial charge >= 0.3 is 12.1 Å². The van der Waals surface area contributed by atoms with Crippen molar-refractivity contribution in [2.75, 3.05) is 20.2 Å². The van der Waals surface area contributed by atoms with Crippen molar-refractivity contribution in [1.29, 1.82) is 0 Å². The van der Waals surface area contributed by atoms with Crippen LogP contribution in [0.25, 0.3) is 11.3 Å². The number of aromatic amines is 1. The van der Waals surface area contributed by atoms with Crippen LogP contribution in [0.3, 0.4) is 0 Å². The van der Waals surface area contributed by atoms with Crippen LogP contribution in [-0.4, -0.2) is 58.5 Å². The van der Waals surface area contributed by atoms with E-state index in [1.165, 1.54) is 5.56 Å². The highest BCUT2D eigenvalue weighted by molar-refractivity contribution is 6.31. The Labute approximate surface area is 204 Å². The van der Waals surface area contributed by atoms with Crippen molar-refractivity contribution in [1.82, 2.24) is 15.1 Å². The number of nitrogens with zero attached hydrogens (tertiary/aromatic N) is 2. The number of nitrogens with one attached hydrogen (secondary N) is 1. The summed E-state index contributed by atoms with van der Waals surface area (Å²) in [5, 5.41) is 15.5. The first-order valence-corrected chi connectivity index (χ1v) is 11.0. The Bertz CT molecular complexity index is 1180. The number of carboxylic acids is 1. The number of hydrogen-bond donors (Lipinski definition) is 2. The molecular formula is C24H23ClF3N3O4. The predicted molar refractivity (Wildman–Crippen MR) is 123 cm³/mol. The molecule has 2 aromatic carbocycles. The Morgan fingerprint density at radius 3 is 2.34 bits per heavy atom. The molecule has 1 aliphatic heterocycles. The molecule has 1 aromatic heterocycles. The zero-order valence-electron chi connectivity index (χ0n) is 18.7. The van der Waals surface area contributed by atoms with Crippen LogP contribution < -0.4 is 4.74 Å². The van der Waals surface area contributed by atoms with Gasteiger partial charge in [-0.1, -0.05) is 29.8 Å². The minimum atomic E-state index is -5.08. The Morgan fingerprint density at radius 2 is 1.74 bits per heavy atom. The standard InChI is InChI=1S/C22H22ClN3O2.C2HF3O2/c1-28-17-8-6-15(7-9-17)22-18-10-12-26(13-11-20(18)24-25-22)21(27)14-16-4-2-3-5-19(16)23;3-2(4,5)1(6)7/h2-9H,10-14H2,1H3,(H,24,25);(H,6,7). The molecule has 1 aliphatic rings. The number of fused-ring (bicyclic) bond motifs is 1. The molecule has 0 fully saturated rings. The fourth-order valence-corrected chi connectivity index (χ4v) is 3.84. The third-order valence-electron chi connectivity index (χ3n) is 5.47. The molecule has 35 heavy (non-hydrogen) atoms. The highest BCUT2D eigenvalue weighted by Crippen LogP contribution is 2.28. The van der Waals surface area contributed by atoms with Crippen LogP contribution in [0.15, 0.2) is 48.5 Å². The second-order valence-electron chi connectivity index (χ2n) is 7.71. The number of alkyl halides is 3. The van der Waals surface area contributed by atoms with Gasteiger partial charge in [0.25, 0.3) is 0 Å². The molecular weight excluding hydrogens is 487 g/mol. The van der Waals surface area contributed by atoms with Crippen molar-refractivity contribution in [3.63, 3.8) is 0 Å². The van der Waals surface area contributed by atoms with Gasteiger partial charge in [-0.15, -0.1) is 0 Å². The van der Waals surface area contributed by atoms with Crippen LogP contribution in [0.1, 0.15) is 16.8 Å². The smallest absolute Gasteiger partial charge is 0.490 e. The number of aromatic nitrogens is 2. The number of hydrogen-bond acceptors (Lipinski definition) is 4. The highest BCUT2D eigenvalue weighted by Gasteiger charge is 2.38. The summed E-state index contributed by atoms with van der Waals surface area (Å²) in [5.74, 6) is -1.83. The molecule has 0 saturated carbocycles. The average Bonchev–Trinajstić information content (AvgIpc) is 3.11. The topological polar surface area (TPSA) is 95.5 Å². The van der Waals surface area contributed by atoms with Gasteiger partial charge in [0.1, 0.15) is 5.75 Å². The number of benzene rings is 2. The third-order valence-corrected chi connectivity index (χ3v) is 5.84. The summed E-state index contributed by atoms with van der Waals surface area (Å²) in [6.07, 6.45) is -3.20. The monoisotopic (exact) mass is 509 g/mol. The Balaban J connectivity index is 0.000000429. The molecule has 1 amide bonds. The number of carbonyl (C=O) groups is 2. The molecule has 2 heterocycles. The molecule has 0 unspecified atom stereocenters. The summed E-state index contributed by atoms with van der Waals surface area (Å²) < 4.78 is 37.0. The molecule has 0 radical (unpaired) electrons. The largest absolute Gasteiger partial charge is 0.497 e. The van der Waals surface area contributed by atoms with E-state index in [9.17, 15) is 18.0 Å². The van der Waals surface area contributed by atoms with Crippen molar-refractivity contribution in [2.24, 2.45) is 0 Å². The summed E-state index contributed by atoms with van der Waals surface area (Å²) in [7, 11) is 1.66. The second kappa shape index (κ2) is 11.3. The highest BCUT2D eigenvalue weighted by atomic mass is 35.5. The average molecular weight is 510 g/mol. The summed E-state index contributed by atoms with van der Waals surface area (Å²) in [5.41, 5.74) is 5.18. The van der Waals surface area contributed by atoms with E-state index in [0.29, 0.717) is 24.5 Å². The van der Waals surface area contributed by atoms with Crippen molar-refractivity contribution in [2.45, 2.75) is 25.4 Å². The van der Waals surface area contributed by atoms with Gasteiger partial charge in [0.15, 0.2) is 0 Å². The lowest BCUT2D eigenvalue weighted by Gasteiger charge is -2.20. The summed E-state index contributed by atoms with van der Waals surface area (Å²) in [6, 6.07) is 15.4. The summed E-state index contributed by atoms with van der Waals surface area (Å²) in [4.78, 5) is 23.6. The van der Waals surface area contributed by atoms with Crippen LogP contribution in [0.5, 0.6) is 5.75 Å². The fraction of sp³-hybridized carbons (Fsp3) is 0.292. The Morgan fingerprint density at radius 1 is 1.11 bits per heavy atom. The number of aliphatic carboxylic acids is 1. The van der Waals surface area contributed by atoms with Crippen LogP contribution in [0.2, 0.25) is 5.02 Å². The normalized spacial score (nSPS) is 13.2. The first-order valence-electron chi connectivity index (χ1n) is 10.6. The number of halogens is 4. The minimum absolute atomic E-state index is 0.109. The van der Waals surface area contributed by atoms with Gasteiger partial charge in [0.2, 0.25) is 5.91 Å². The van der Waals surface area contributed by atoms with Crippen LogP contribution >= 0.6 is 11.6 Å². The number of carbonyl (C=O) groups excluding carboxylic acids is 1. The van der Waals surface area contributed by atoms with Crippen LogP contribution in [-0.2, 0) is 28.9 Å². The number of rotatable bonds is 4. The van der Waals surface area contributed by atoms with E-state index in [1.807, 2.05) is 53.4 Å². The molecule has 2 N–H and O–H groups in total. The summed E-state index contributed by atoms with van der Waals surface area (Å²) in [6.45, 7) is 1.36. The number of carboxylic acid groups (broad SMARTS) is 1. The second-order valence-corrected chi connectivity index (χ2v) is 8.12.